The van der Waals surface area contributed by atoms with Crippen LogP contribution in [0.3, 0.4) is 0 Å². The smallest absolute Gasteiger partial charge is 0.246 e. The lowest BCUT2D eigenvalue weighted by molar-refractivity contribution is -0.130. The number of nitrogens with zero attached hydrogens (tertiary/aromatic N) is 1. The molecule has 0 spiro atoms. The van der Waals surface area contributed by atoms with E-state index in [9.17, 15) is 18.0 Å². The molecule has 0 radical (unpaired) electrons. The van der Waals surface area contributed by atoms with Crippen molar-refractivity contribution in [3.05, 3.63) is 65.7 Å². The Labute approximate surface area is 195 Å². The van der Waals surface area contributed by atoms with E-state index in [1.54, 1.807) is 49.1 Å². The first-order valence-electron chi connectivity index (χ1n) is 11.2. The molecule has 3 rings (SSSR count). The molecule has 1 heterocycles. The Morgan fingerprint density at radius 1 is 1.03 bits per heavy atom. The minimum atomic E-state index is -3.42. The quantitative estimate of drug-likeness (QED) is 0.571. The molecule has 2 N–H and O–H groups in total. The molecule has 0 aromatic heterocycles. The summed E-state index contributed by atoms with van der Waals surface area (Å²) in [5.41, 5.74) is 2.69. The van der Waals surface area contributed by atoms with Crippen LogP contribution in [0.4, 0.5) is 11.4 Å². The first-order chi connectivity index (χ1) is 15.8. The van der Waals surface area contributed by atoms with Gasteiger partial charge < -0.3 is 10.2 Å². The molecular weight excluding hydrogens is 438 g/mol. The van der Waals surface area contributed by atoms with E-state index >= 15 is 0 Å². The van der Waals surface area contributed by atoms with Gasteiger partial charge >= 0.3 is 0 Å². The summed E-state index contributed by atoms with van der Waals surface area (Å²) in [5.74, 6) is -0.327. The molecule has 2 aromatic rings. The highest BCUT2D eigenvalue weighted by Crippen LogP contribution is 2.26. The van der Waals surface area contributed by atoms with Crippen molar-refractivity contribution in [3.8, 4) is 0 Å². The topological polar surface area (TPSA) is 95.6 Å². The van der Waals surface area contributed by atoms with Crippen LogP contribution in [0, 0.1) is 12.8 Å². The monoisotopic (exact) mass is 469 g/mol. The van der Waals surface area contributed by atoms with E-state index in [2.05, 4.69) is 10.0 Å². The van der Waals surface area contributed by atoms with Crippen LogP contribution >= 0.6 is 0 Å². The van der Waals surface area contributed by atoms with Crippen molar-refractivity contribution in [2.45, 2.75) is 33.1 Å². The average molecular weight is 470 g/mol. The second-order valence-electron chi connectivity index (χ2n) is 8.23. The van der Waals surface area contributed by atoms with Gasteiger partial charge in [-0.25, -0.2) is 8.42 Å². The number of carbonyl (C=O) groups excluding carboxylic acids is 2. The van der Waals surface area contributed by atoms with E-state index in [4.69, 9.17) is 0 Å². The number of piperidine rings is 1. The van der Waals surface area contributed by atoms with Gasteiger partial charge in [0.05, 0.1) is 11.4 Å². The van der Waals surface area contributed by atoms with E-state index in [-0.39, 0.29) is 23.5 Å². The second-order valence-corrected chi connectivity index (χ2v) is 10.1. The van der Waals surface area contributed by atoms with Gasteiger partial charge in [0.25, 0.3) is 0 Å². The fourth-order valence-electron chi connectivity index (χ4n) is 3.80. The number of benzene rings is 2. The molecule has 0 saturated carbocycles. The number of amides is 2. The van der Waals surface area contributed by atoms with Gasteiger partial charge in [-0.15, -0.1) is 0 Å². The van der Waals surface area contributed by atoms with E-state index in [1.807, 2.05) is 30.3 Å². The molecule has 33 heavy (non-hydrogen) atoms. The zero-order valence-electron chi connectivity index (χ0n) is 19.1. The molecule has 0 aliphatic carbocycles. The minimum Gasteiger partial charge on any atom is -0.339 e. The SMILES string of the molecule is CCCS(=O)(=O)Nc1cccc(NC(=O)C2CCN(C(=O)/C=C/c3ccccc3)CC2)c1C. The van der Waals surface area contributed by atoms with Crippen molar-refractivity contribution in [1.82, 2.24) is 4.90 Å². The molecule has 7 nitrogen and oxygen atoms in total. The third-order valence-electron chi connectivity index (χ3n) is 5.73. The summed E-state index contributed by atoms with van der Waals surface area (Å²) >= 11 is 0. The molecule has 176 valence electrons. The van der Waals surface area contributed by atoms with E-state index in [0.29, 0.717) is 49.3 Å². The molecule has 1 fully saturated rings. The maximum absolute atomic E-state index is 12.8. The lowest BCUT2D eigenvalue weighted by Crippen LogP contribution is -2.40. The van der Waals surface area contributed by atoms with Crippen molar-refractivity contribution >= 4 is 39.3 Å². The van der Waals surface area contributed by atoms with Crippen molar-refractivity contribution in [2.24, 2.45) is 5.92 Å². The first kappa shape index (κ1) is 24.5. The standard InChI is InChI=1S/C25H31N3O4S/c1-3-18-33(31,32)27-23-11-7-10-22(19(23)2)26-25(30)21-14-16-28(17-15-21)24(29)13-12-20-8-5-4-6-9-20/h4-13,21,27H,3,14-18H2,1-2H3,(H,26,30)/b13-12+. The van der Waals surface area contributed by atoms with Crippen molar-refractivity contribution in [2.75, 3.05) is 28.9 Å². The number of carbonyl (C=O) groups is 2. The summed E-state index contributed by atoms with van der Waals surface area (Å²) in [6.07, 6.45) is 5.06. The summed E-state index contributed by atoms with van der Waals surface area (Å²) in [4.78, 5) is 27.1. The zero-order chi connectivity index (χ0) is 23.8. The van der Waals surface area contributed by atoms with Crippen LogP contribution in [0.1, 0.15) is 37.3 Å². The number of sulfonamides is 1. The molecule has 0 unspecified atom stereocenters. The maximum Gasteiger partial charge on any atom is 0.246 e. The summed E-state index contributed by atoms with van der Waals surface area (Å²) in [5, 5.41) is 2.94. The van der Waals surface area contributed by atoms with Gasteiger partial charge in [0.15, 0.2) is 0 Å². The Balaban J connectivity index is 1.55. The van der Waals surface area contributed by atoms with Gasteiger partial charge in [-0.2, -0.15) is 0 Å². The molecule has 1 saturated heterocycles. The third-order valence-corrected chi connectivity index (χ3v) is 7.20. The fraction of sp³-hybridized carbons (Fsp3) is 0.360. The third kappa shape index (κ3) is 6.92. The van der Waals surface area contributed by atoms with Gasteiger partial charge in [0, 0.05) is 30.8 Å². The number of anilines is 2. The van der Waals surface area contributed by atoms with Gasteiger partial charge in [-0.1, -0.05) is 43.3 Å². The highest BCUT2D eigenvalue weighted by atomic mass is 32.2. The van der Waals surface area contributed by atoms with Crippen LogP contribution in [0.25, 0.3) is 6.08 Å². The normalized spacial score (nSPS) is 14.9. The zero-order valence-corrected chi connectivity index (χ0v) is 19.9. The maximum atomic E-state index is 12.8. The Morgan fingerprint density at radius 2 is 1.70 bits per heavy atom. The molecule has 2 amide bonds. The van der Waals surface area contributed by atoms with Crippen molar-refractivity contribution in [3.63, 3.8) is 0 Å². The Hall–Kier alpha value is -3.13. The molecule has 1 aliphatic heterocycles. The molecule has 0 bridgehead atoms. The van der Waals surface area contributed by atoms with E-state index in [0.717, 1.165) is 5.56 Å². The first-order valence-corrected chi connectivity index (χ1v) is 12.9. The van der Waals surface area contributed by atoms with Gasteiger partial charge in [-0.05, 0) is 55.5 Å². The second kappa shape index (κ2) is 11.1. The number of hydrogen-bond donors (Lipinski definition) is 2. The van der Waals surface area contributed by atoms with E-state index < -0.39 is 10.0 Å². The lowest BCUT2D eigenvalue weighted by atomic mass is 9.95. The van der Waals surface area contributed by atoms with Crippen LogP contribution in [-0.2, 0) is 19.6 Å². The highest BCUT2D eigenvalue weighted by molar-refractivity contribution is 7.92. The average Bonchev–Trinajstić information content (AvgIpc) is 2.80. The summed E-state index contributed by atoms with van der Waals surface area (Å²) in [6.45, 7) is 4.62. The molecular formula is C25H31N3O4S. The number of rotatable bonds is 8. The van der Waals surface area contributed by atoms with Crippen molar-refractivity contribution < 1.29 is 18.0 Å². The summed E-state index contributed by atoms with van der Waals surface area (Å²) < 4.78 is 26.8. The molecule has 0 atom stereocenters. The summed E-state index contributed by atoms with van der Waals surface area (Å²) in [7, 11) is -3.42. The van der Waals surface area contributed by atoms with Crippen LogP contribution in [0.15, 0.2) is 54.6 Å². The number of likely N-dealkylation sites (tertiary alicyclic amines) is 1. The predicted octanol–water partition coefficient (Wildman–Crippen LogP) is 4.04. The van der Waals surface area contributed by atoms with Crippen LogP contribution in [-0.4, -0.2) is 44.0 Å². The lowest BCUT2D eigenvalue weighted by Gasteiger charge is -2.30. The fourth-order valence-corrected chi connectivity index (χ4v) is 5.00. The number of hydrogen-bond acceptors (Lipinski definition) is 4. The van der Waals surface area contributed by atoms with Gasteiger partial charge in [0.2, 0.25) is 21.8 Å². The number of nitrogens with one attached hydrogen (secondary N) is 2. The Morgan fingerprint density at radius 3 is 2.36 bits per heavy atom. The van der Waals surface area contributed by atoms with Crippen LogP contribution in [0.2, 0.25) is 0 Å². The van der Waals surface area contributed by atoms with E-state index in [1.165, 1.54) is 0 Å². The van der Waals surface area contributed by atoms with Crippen LogP contribution < -0.4 is 10.0 Å². The molecule has 8 heteroatoms. The Kier molecular flexibility index (Phi) is 8.27. The van der Waals surface area contributed by atoms with Gasteiger partial charge in [0.1, 0.15) is 0 Å². The van der Waals surface area contributed by atoms with Crippen LogP contribution in [0.5, 0.6) is 0 Å². The summed E-state index contributed by atoms with van der Waals surface area (Å²) in [6, 6.07) is 14.8. The van der Waals surface area contributed by atoms with Crippen molar-refractivity contribution in [1.29, 1.82) is 0 Å². The molecule has 1 aliphatic rings. The molecule has 2 aromatic carbocycles. The minimum absolute atomic E-state index is 0.0425. The largest absolute Gasteiger partial charge is 0.339 e. The van der Waals surface area contributed by atoms with Gasteiger partial charge in [-0.3, -0.25) is 14.3 Å². The Bertz CT molecular complexity index is 1110. The predicted molar refractivity (Wildman–Crippen MR) is 132 cm³/mol. The highest BCUT2D eigenvalue weighted by Gasteiger charge is 2.27.